The summed E-state index contributed by atoms with van der Waals surface area (Å²) in [5.74, 6) is -0.0318. The summed E-state index contributed by atoms with van der Waals surface area (Å²) in [7, 11) is 0. The second kappa shape index (κ2) is 18.8. The van der Waals surface area contributed by atoms with Crippen molar-refractivity contribution >= 4 is 34.0 Å². The van der Waals surface area contributed by atoms with E-state index in [4.69, 9.17) is 4.74 Å². The van der Waals surface area contributed by atoms with E-state index in [0.29, 0.717) is 17.7 Å². The molecule has 0 spiro atoms. The maximum atomic E-state index is 12.2. The van der Waals surface area contributed by atoms with Gasteiger partial charge in [0, 0.05) is 10.9 Å². The smallest absolute Gasteiger partial charge is 0.343 e. The van der Waals surface area contributed by atoms with E-state index in [1.54, 1.807) is 48.7 Å². The quantitative estimate of drug-likeness (QED) is 0.0656. The van der Waals surface area contributed by atoms with Gasteiger partial charge >= 0.3 is 5.97 Å². The van der Waals surface area contributed by atoms with E-state index < -0.39 is 5.97 Å². The predicted octanol–water partition coefficient (Wildman–Crippen LogP) is 8.60. The zero-order chi connectivity index (χ0) is 25.8. The van der Waals surface area contributed by atoms with Crippen molar-refractivity contribution in [2.24, 2.45) is 5.10 Å². The van der Waals surface area contributed by atoms with Crippen molar-refractivity contribution in [3.63, 3.8) is 0 Å². The van der Waals surface area contributed by atoms with Crippen molar-refractivity contribution in [2.75, 3.05) is 0 Å². The lowest BCUT2D eigenvalue weighted by molar-refractivity contribution is -0.121. The summed E-state index contributed by atoms with van der Waals surface area (Å²) in [5.41, 5.74) is 3.87. The van der Waals surface area contributed by atoms with Gasteiger partial charge in [0.2, 0.25) is 5.91 Å². The maximum Gasteiger partial charge on any atom is 0.343 e. The normalized spacial score (nSPS) is 11.1. The lowest BCUT2D eigenvalue weighted by atomic mass is 10.0. The SMILES string of the molecule is CCCCCCCCCCCCCCCC(=O)N/N=C/c1ccc(OC(=O)c2cccc(Br)c2)cc1. The Morgan fingerprint density at radius 3 is 2.00 bits per heavy atom. The lowest BCUT2D eigenvalue weighted by Gasteiger charge is -2.05. The zero-order valence-electron chi connectivity index (χ0n) is 21.6. The van der Waals surface area contributed by atoms with Crippen LogP contribution in [0.15, 0.2) is 58.1 Å². The Bertz CT molecular complexity index is 928. The number of nitrogens with zero attached hydrogens (tertiary/aromatic N) is 1. The molecule has 0 heterocycles. The van der Waals surface area contributed by atoms with Gasteiger partial charge in [-0.25, -0.2) is 10.2 Å². The molecule has 1 amide bonds. The number of ether oxygens (including phenoxy) is 1. The summed E-state index contributed by atoms with van der Waals surface area (Å²) < 4.78 is 6.21. The summed E-state index contributed by atoms with van der Waals surface area (Å²) in [5, 5.41) is 4.03. The number of benzene rings is 2. The third-order valence-corrected chi connectivity index (χ3v) is 6.55. The largest absolute Gasteiger partial charge is 0.423 e. The standard InChI is InChI=1S/C30H41BrN2O3/c1-2-3-4-5-6-7-8-9-10-11-12-13-14-18-29(34)33-32-24-25-19-21-28(22-20-25)36-30(35)26-16-15-17-27(31)23-26/h15-17,19-24H,2-14,18H2,1H3,(H,33,34)/b32-24+. The fourth-order valence-corrected chi connectivity index (χ4v) is 4.34. The molecule has 2 aromatic carbocycles. The second-order valence-electron chi connectivity index (χ2n) is 9.25. The number of rotatable bonds is 18. The molecule has 0 radical (unpaired) electrons. The van der Waals surface area contributed by atoms with Crippen LogP contribution in [0.2, 0.25) is 0 Å². The van der Waals surface area contributed by atoms with Crippen LogP contribution in [0.4, 0.5) is 0 Å². The molecule has 0 aromatic heterocycles. The first kappa shape index (κ1) is 29.8. The second-order valence-corrected chi connectivity index (χ2v) is 10.2. The van der Waals surface area contributed by atoms with Crippen molar-refractivity contribution in [1.82, 2.24) is 5.43 Å². The fourth-order valence-electron chi connectivity index (χ4n) is 3.94. The van der Waals surface area contributed by atoms with E-state index in [1.165, 1.54) is 70.6 Å². The minimum absolute atomic E-state index is 0.0612. The average Bonchev–Trinajstić information content (AvgIpc) is 2.88. The van der Waals surface area contributed by atoms with Crippen LogP contribution >= 0.6 is 15.9 Å². The number of amides is 1. The van der Waals surface area contributed by atoms with Gasteiger partial charge in [-0.15, -0.1) is 0 Å². The minimum Gasteiger partial charge on any atom is -0.423 e. The van der Waals surface area contributed by atoms with E-state index in [1.807, 2.05) is 6.07 Å². The molecular formula is C30H41BrN2O3. The highest BCUT2D eigenvalue weighted by atomic mass is 79.9. The molecule has 2 rings (SSSR count). The van der Waals surface area contributed by atoms with Crippen LogP contribution in [0.1, 0.15) is 113 Å². The number of nitrogens with one attached hydrogen (secondary N) is 1. The van der Waals surface area contributed by atoms with E-state index in [2.05, 4.69) is 33.4 Å². The maximum absolute atomic E-state index is 12.2. The van der Waals surface area contributed by atoms with Gasteiger partial charge in [-0.2, -0.15) is 5.10 Å². The van der Waals surface area contributed by atoms with Crippen LogP contribution in [0.3, 0.4) is 0 Å². The van der Waals surface area contributed by atoms with Crippen LogP contribution in [-0.4, -0.2) is 18.1 Å². The number of carbonyl (C=O) groups excluding carboxylic acids is 2. The lowest BCUT2D eigenvalue weighted by Crippen LogP contribution is -2.16. The highest BCUT2D eigenvalue weighted by Crippen LogP contribution is 2.17. The fraction of sp³-hybridized carbons (Fsp3) is 0.500. The number of carbonyl (C=O) groups is 2. The highest BCUT2D eigenvalue weighted by molar-refractivity contribution is 9.10. The van der Waals surface area contributed by atoms with Gasteiger partial charge in [-0.05, 0) is 54.4 Å². The topological polar surface area (TPSA) is 67.8 Å². The molecule has 0 saturated heterocycles. The molecule has 2 aromatic rings. The van der Waals surface area contributed by atoms with Crippen molar-refractivity contribution in [2.45, 2.75) is 96.8 Å². The molecule has 36 heavy (non-hydrogen) atoms. The van der Waals surface area contributed by atoms with Gasteiger partial charge in [-0.1, -0.05) is 106 Å². The van der Waals surface area contributed by atoms with Crippen LogP contribution in [0.5, 0.6) is 5.75 Å². The van der Waals surface area contributed by atoms with Gasteiger partial charge in [-0.3, -0.25) is 4.79 Å². The summed E-state index contributed by atoms with van der Waals surface area (Å²) in [6.07, 6.45) is 18.8. The molecule has 0 aliphatic rings. The van der Waals surface area contributed by atoms with E-state index >= 15 is 0 Å². The summed E-state index contributed by atoms with van der Waals surface area (Å²) in [6.45, 7) is 2.26. The van der Waals surface area contributed by atoms with Gasteiger partial charge in [0.1, 0.15) is 5.75 Å². The molecule has 0 aliphatic carbocycles. The molecule has 6 heteroatoms. The highest BCUT2D eigenvalue weighted by Gasteiger charge is 2.08. The minimum atomic E-state index is -0.418. The van der Waals surface area contributed by atoms with Crippen LogP contribution < -0.4 is 10.2 Å². The number of unbranched alkanes of at least 4 members (excludes halogenated alkanes) is 12. The van der Waals surface area contributed by atoms with Gasteiger partial charge in [0.05, 0.1) is 11.8 Å². The Morgan fingerprint density at radius 2 is 1.42 bits per heavy atom. The molecule has 5 nitrogen and oxygen atoms in total. The van der Waals surface area contributed by atoms with Crippen LogP contribution in [0, 0.1) is 0 Å². The molecule has 0 saturated carbocycles. The molecule has 0 bridgehead atoms. The first-order valence-electron chi connectivity index (χ1n) is 13.5. The molecule has 196 valence electrons. The van der Waals surface area contributed by atoms with E-state index in [-0.39, 0.29) is 5.91 Å². The van der Waals surface area contributed by atoms with Gasteiger partial charge < -0.3 is 4.74 Å². The Balaban J connectivity index is 1.51. The average molecular weight is 558 g/mol. The number of hydrogen-bond acceptors (Lipinski definition) is 4. The molecule has 1 N–H and O–H groups in total. The monoisotopic (exact) mass is 556 g/mol. The van der Waals surface area contributed by atoms with Gasteiger partial charge in [0.15, 0.2) is 0 Å². The van der Waals surface area contributed by atoms with E-state index in [0.717, 1.165) is 22.9 Å². The van der Waals surface area contributed by atoms with Crippen molar-refractivity contribution in [1.29, 1.82) is 0 Å². The Hall–Kier alpha value is -2.47. The van der Waals surface area contributed by atoms with Crippen molar-refractivity contribution < 1.29 is 14.3 Å². The summed E-state index contributed by atoms with van der Waals surface area (Å²) in [4.78, 5) is 24.2. The predicted molar refractivity (Wildman–Crippen MR) is 152 cm³/mol. The zero-order valence-corrected chi connectivity index (χ0v) is 23.2. The summed E-state index contributed by atoms with van der Waals surface area (Å²) >= 11 is 3.35. The van der Waals surface area contributed by atoms with Crippen molar-refractivity contribution in [3.8, 4) is 5.75 Å². The third kappa shape index (κ3) is 13.6. The first-order valence-corrected chi connectivity index (χ1v) is 14.3. The third-order valence-electron chi connectivity index (χ3n) is 6.06. The molecule has 0 aliphatic heterocycles. The number of hydrogen-bond donors (Lipinski definition) is 1. The number of esters is 1. The van der Waals surface area contributed by atoms with Crippen molar-refractivity contribution in [3.05, 3.63) is 64.1 Å². The Morgan fingerprint density at radius 1 is 0.833 bits per heavy atom. The number of hydrazone groups is 1. The Kier molecular flexibility index (Phi) is 15.5. The molecular weight excluding hydrogens is 516 g/mol. The molecule has 0 fully saturated rings. The molecule has 0 unspecified atom stereocenters. The first-order chi connectivity index (χ1) is 17.6. The Labute approximate surface area is 225 Å². The van der Waals surface area contributed by atoms with Crippen LogP contribution in [0.25, 0.3) is 0 Å². The summed E-state index contributed by atoms with van der Waals surface area (Å²) in [6, 6.07) is 14.0. The van der Waals surface area contributed by atoms with Gasteiger partial charge in [0.25, 0.3) is 0 Å². The number of halogens is 1. The molecule has 0 atom stereocenters. The van der Waals surface area contributed by atoms with E-state index in [9.17, 15) is 9.59 Å². The van der Waals surface area contributed by atoms with Crippen LogP contribution in [-0.2, 0) is 4.79 Å².